The molecule has 0 aliphatic rings. The van der Waals surface area contributed by atoms with Crippen LogP contribution >= 0.6 is 15.9 Å². The molecule has 6 heteroatoms. The van der Waals surface area contributed by atoms with E-state index < -0.39 is 4.92 Å². The quantitative estimate of drug-likeness (QED) is 0.684. The lowest BCUT2D eigenvalue weighted by molar-refractivity contribution is -0.384. The normalized spacial score (nSPS) is 11.9. The standard InChI is InChI=1S/C13H12BrN3O2/c1-9(10-4-6-15-7-5-10)16-13-8-11(17(18)19)2-3-12(13)14/h2-9,16H,1H3. The summed E-state index contributed by atoms with van der Waals surface area (Å²) in [5, 5.41) is 14.0. The minimum atomic E-state index is -0.408. The van der Waals surface area contributed by atoms with Gasteiger partial charge in [-0.25, -0.2) is 0 Å². The maximum absolute atomic E-state index is 10.8. The molecule has 19 heavy (non-hydrogen) atoms. The lowest BCUT2D eigenvalue weighted by Crippen LogP contribution is -2.07. The third kappa shape index (κ3) is 3.29. The molecule has 0 amide bonds. The molecule has 1 unspecified atom stereocenters. The van der Waals surface area contributed by atoms with Crippen LogP contribution in [0.4, 0.5) is 11.4 Å². The second-order valence-corrected chi connectivity index (χ2v) is 4.92. The Morgan fingerprint density at radius 1 is 1.32 bits per heavy atom. The van der Waals surface area contributed by atoms with E-state index in [0.29, 0.717) is 5.69 Å². The zero-order chi connectivity index (χ0) is 13.8. The first-order valence-electron chi connectivity index (χ1n) is 5.68. The van der Waals surface area contributed by atoms with Gasteiger partial charge in [-0.05, 0) is 46.6 Å². The number of nitrogens with one attached hydrogen (secondary N) is 1. The molecule has 98 valence electrons. The highest BCUT2D eigenvalue weighted by Gasteiger charge is 2.12. The summed E-state index contributed by atoms with van der Waals surface area (Å²) in [7, 11) is 0. The van der Waals surface area contributed by atoms with Crippen molar-refractivity contribution < 1.29 is 4.92 Å². The number of hydrogen-bond acceptors (Lipinski definition) is 4. The van der Waals surface area contributed by atoms with Crippen molar-refractivity contribution >= 4 is 27.3 Å². The van der Waals surface area contributed by atoms with E-state index in [1.54, 1.807) is 18.5 Å². The fraction of sp³-hybridized carbons (Fsp3) is 0.154. The molecule has 1 heterocycles. The molecule has 5 nitrogen and oxygen atoms in total. The van der Waals surface area contributed by atoms with E-state index in [4.69, 9.17) is 0 Å². The number of pyridine rings is 1. The first-order valence-corrected chi connectivity index (χ1v) is 6.47. The van der Waals surface area contributed by atoms with Crippen molar-refractivity contribution in [3.05, 3.63) is 62.9 Å². The average Bonchev–Trinajstić information content (AvgIpc) is 2.42. The van der Waals surface area contributed by atoms with Gasteiger partial charge >= 0.3 is 0 Å². The lowest BCUT2D eigenvalue weighted by atomic mass is 10.1. The van der Waals surface area contributed by atoms with Crippen LogP contribution in [0.5, 0.6) is 0 Å². The van der Waals surface area contributed by atoms with Crippen LogP contribution in [0.1, 0.15) is 18.5 Å². The van der Waals surface area contributed by atoms with Crippen molar-refractivity contribution in [3.8, 4) is 0 Å². The summed E-state index contributed by atoms with van der Waals surface area (Å²) in [5.74, 6) is 0. The van der Waals surface area contributed by atoms with E-state index in [9.17, 15) is 10.1 Å². The zero-order valence-corrected chi connectivity index (χ0v) is 11.8. The van der Waals surface area contributed by atoms with Crippen LogP contribution in [0.3, 0.4) is 0 Å². The number of non-ortho nitro benzene ring substituents is 1. The first kappa shape index (κ1) is 13.5. The van der Waals surface area contributed by atoms with E-state index in [1.165, 1.54) is 12.1 Å². The van der Waals surface area contributed by atoms with Crippen LogP contribution in [0.25, 0.3) is 0 Å². The van der Waals surface area contributed by atoms with Crippen molar-refractivity contribution in [2.45, 2.75) is 13.0 Å². The van der Waals surface area contributed by atoms with E-state index in [2.05, 4.69) is 26.2 Å². The Hall–Kier alpha value is -1.95. The van der Waals surface area contributed by atoms with Gasteiger partial charge in [-0.1, -0.05) is 0 Å². The van der Waals surface area contributed by atoms with Gasteiger partial charge in [0.2, 0.25) is 0 Å². The van der Waals surface area contributed by atoms with Gasteiger partial charge in [0.15, 0.2) is 0 Å². The van der Waals surface area contributed by atoms with Crippen LogP contribution in [0, 0.1) is 10.1 Å². The van der Waals surface area contributed by atoms with Gasteiger partial charge in [0.05, 0.1) is 10.6 Å². The molecule has 2 rings (SSSR count). The molecule has 0 saturated heterocycles. The monoisotopic (exact) mass is 321 g/mol. The van der Waals surface area contributed by atoms with Gasteiger partial charge in [0, 0.05) is 35.0 Å². The molecule has 1 atom stereocenters. The summed E-state index contributed by atoms with van der Waals surface area (Å²) in [5.41, 5.74) is 1.82. The number of anilines is 1. The number of halogens is 1. The fourth-order valence-corrected chi connectivity index (χ4v) is 2.07. The number of benzene rings is 1. The Morgan fingerprint density at radius 2 is 2.00 bits per heavy atom. The molecule has 1 aromatic carbocycles. The highest BCUT2D eigenvalue weighted by atomic mass is 79.9. The van der Waals surface area contributed by atoms with Crippen molar-refractivity contribution in [1.82, 2.24) is 4.98 Å². The van der Waals surface area contributed by atoms with Gasteiger partial charge in [0.25, 0.3) is 5.69 Å². The number of nitrogens with zero attached hydrogens (tertiary/aromatic N) is 2. The summed E-state index contributed by atoms with van der Waals surface area (Å²) in [6, 6.07) is 8.49. The lowest BCUT2D eigenvalue weighted by Gasteiger charge is -2.16. The van der Waals surface area contributed by atoms with Crippen molar-refractivity contribution in [2.24, 2.45) is 0 Å². The topological polar surface area (TPSA) is 68.1 Å². The van der Waals surface area contributed by atoms with Gasteiger partial charge in [-0.15, -0.1) is 0 Å². The summed E-state index contributed by atoms with van der Waals surface area (Å²) in [6.45, 7) is 1.99. The Balaban J connectivity index is 2.23. The van der Waals surface area contributed by atoms with Gasteiger partial charge in [-0.2, -0.15) is 0 Å². The largest absolute Gasteiger partial charge is 0.377 e. The molecule has 0 fully saturated rings. The number of aromatic nitrogens is 1. The number of rotatable bonds is 4. The first-order chi connectivity index (χ1) is 9.08. The molecule has 0 aliphatic heterocycles. The van der Waals surface area contributed by atoms with E-state index >= 15 is 0 Å². The van der Waals surface area contributed by atoms with Crippen LogP contribution < -0.4 is 5.32 Å². The van der Waals surface area contributed by atoms with Crippen LogP contribution in [0.15, 0.2) is 47.2 Å². The summed E-state index contributed by atoms with van der Waals surface area (Å²) < 4.78 is 0.791. The molecule has 1 aromatic heterocycles. The third-order valence-electron chi connectivity index (χ3n) is 2.74. The SMILES string of the molecule is CC(Nc1cc([N+](=O)[O-])ccc1Br)c1ccncc1. The molecule has 1 N–H and O–H groups in total. The second kappa shape index (κ2) is 5.79. The fourth-order valence-electron chi connectivity index (χ4n) is 1.71. The van der Waals surface area contributed by atoms with Crippen molar-refractivity contribution in [1.29, 1.82) is 0 Å². The summed E-state index contributed by atoms with van der Waals surface area (Å²) >= 11 is 3.38. The molecule has 0 radical (unpaired) electrons. The van der Waals surface area contributed by atoms with Crippen LogP contribution in [-0.2, 0) is 0 Å². The number of hydrogen-bond donors (Lipinski definition) is 1. The zero-order valence-electron chi connectivity index (χ0n) is 10.2. The second-order valence-electron chi connectivity index (χ2n) is 4.07. The van der Waals surface area contributed by atoms with Gasteiger partial charge < -0.3 is 5.32 Å². The molecule has 0 spiro atoms. The van der Waals surface area contributed by atoms with E-state index in [0.717, 1.165) is 10.0 Å². The molecular weight excluding hydrogens is 310 g/mol. The Morgan fingerprint density at radius 3 is 2.63 bits per heavy atom. The van der Waals surface area contributed by atoms with Crippen molar-refractivity contribution in [2.75, 3.05) is 5.32 Å². The molecule has 0 aliphatic carbocycles. The van der Waals surface area contributed by atoms with E-state index in [1.807, 2.05) is 19.1 Å². The average molecular weight is 322 g/mol. The maximum atomic E-state index is 10.8. The minimum Gasteiger partial charge on any atom is -0.377 e. The predicted octanol–water partition coefficient (Wildman–Crippen LogP) is 3.93. The van der Waals surface area contributed by atoms with Crippen molar-refractivity contribution in [3.63, 3.8) is 0 Å². The Labute approximate surface area is 119 Å². The van der Waals surface area contributed by atoms with Gasteiger partial charge in [-0.3, -0.25) is 15.1 Å². The Bertz CT molecular complexity index is 590. The van der Waals surface area contributed by atoms with Crippen LogP contribution in [-0.4, -0.2) is 9.91 Å². The summed E-state index contributed by atoms with van der Waals surface area (Å²) in [4.78, 5) is 14.3. The molecule has 0 saturated carbocycles. The predicted molar refractivity (Wildman–Crippen MR) is 77.1 cm³/mol. The molecule has 2 aromatic rings. The maximum Gasteiger partial charge on any atom is 0.271 e. The molecular formula is C13H12BrN3O2. The smallest absolute Gasteiger partial charge is 0.271 e. The highest BCUT2D eigenvalue weighted by molar-refractivity contribution is 9.10. The summed E-state index contributed by atoms with van der Waals surface area (Å²) in [6.07, 6.45) is 3.44. The minimum absolute atomic E-state index is 0.0290. The highest BCUT2D eigenvalue weighted by Crippen LogP contribution is 2.30. The number of nitro benzene ring substituents is 1. The third-order valence-corrected chi connectivity index (χ3v) is 3.43. The molecule has 0 bridgehead atoms. The number of nitro groups is 1. The van der Waals surface area contributed by atoms with Gasteiger partial charge in [0.1, 0.15) is 0 Å². The Kier molecular flexibility index (Phi) is 4.11. The van der Waals surface area contributed by atoms with Crippen LogP contribution in [0.2, 0.25) is 0 Å². The van der Waals surface area contributed by atoms with E-state index in [-0.39, 0.29) is 11.7 Å².